The van der Waals surface area contributed by atoms with Gasteiger partial charge in [-0.2, -0.15) is 8.42 Å². The van der Waals surface area contributed by atoms with Crippen molar-refractivity contribution in [2.24, 2.45) is 0 Å². The van der Waals surface area contributed by atoms with E-state index in [1.165, 1.54) is 24.3 Å². The molecule has 24 heavy (non-hydrogen) atoms. The Bertz CT molecular complexity index is 1040. The van der Waals surface area contributed by atoms with Crippen molar-refractivity contribution in [3.05, 3.63) is 76.3 Å². The maximum Gasteiger partial charge on any atom is 0.346 e. The summed E-state index contributed by atoms with van der Waals surface area (Å²) < 4.78 is 30.0. The third-order valence-electron chi connectivity index (χ3n) is 3.51. The van der Waals surface area contributed by atoms with Gasteiger partial charge >= 0.3 is 10.1 Å². The molecule has 3 aromatic carbocycles. The third-order valence-corrected chi connectivity index (χ3v) is 4.80. The van der Waals surface area contributed by atoms with Gasteiger partial charge in [-0.15, -0.1) is 0 Å². The van der Waals surface area contributed by atoms with Crippen molar-refractivity contribution in [1.82, 2.24) is 0 Å². The predicted molar refractivity (Wildman–Crippen MR) is 89.6 cm³/mol. The monoisotopic (exact) mass is 343 g/mol. The van der Waals surface area contributed by atoms with Gasteiger partial charge in [0.2, 0.25) is 0 Å². The molecule has 0 aliphatic heterocycles. The topological polar surface area (TPSA) is 86.5 Å². The lowest BCUT2D eigenvalue weighted by atomic mass is 10.1. The minimum Gasteiger partial charge on any atom is -0.379 e. The van der Waals surface area contributed by atoms with E-state index in [-0.39, 0.29) is 5.75 Å². The SMILES string of the molecule is Cc1ccc(S(=O)(=O)Oc2ccc3ccccc3c2)c([N+](=O)[O-])c1. The molecular formula is C17H13NO5S. The van der Waals surface area contributed by atoms with Crippen LogP contribution in [0, 0.1) is 17.0 Å². The molecule has 7 heteroatoms. The molecule has 0 bridgehead atoms. The smallest absolute Gasteiger partial charge is 0.346 e. The number of nitro benzene ring substituents is 1. The summed E-state index contributed by atoms with van der Waals surface area (Å²) in [5.74, 6) is 0.101. The molecule has 0 aliphatic rings. The number of hydrogen-bond acceptors (Lipinski definition) is 5. The first-order chi connectivity index (χ1) is 11.4. The van der Waals surface area contributed by atoms with Gasteiger partial charge in [0, 0.05) is 6.07 Å². The van der Waals surface area contributed by atoms with E-state index in [1.54, 1.807) is 19.1 Å². The predicted octanol–water partition coefficient (Wildman–Crippen LogP) is 3.82. The zero-order valence-corrected chi connectivity index (χ0v) is 13.5. The van der Waals surface area contributed by atoms with Crippen molar-refractivity contribution in [2.45, 2.75) is 11.8 Å². The Hall–Kier alpha value is -2.93. The summed E-state index contributed by atoms with van der Waals surface area (Å²) >= 11 is 0. The number of nitro groups is 1. The maximum absolute atomic E-state index is 12.4. The van der Waals surface area contributed by atoms with Crippen LogP contribution in [0.4, 0.5) is 5.69 Å². The standard InChI is InChI=1S/C17H13NO5S/c1-12-6-9-17(16(10-12)18(19)20)24(21,22)23-15-8-7-13-4-2-3-5-14(13)11-15/h2-11H,1H3. The molecule has 0 spiro atoms. The van der Waals surface area contributed by atoms with Crippen molar-refractivity contribution in [3.8, 4) is 5.75 Å². The van der Waals surface area contributed by atoms with Gasteiger partial charge < -0.3 is 4.18 Å². The summed E-state index contributed by atoms with van der Waals surface area (Å²) in [5, 5.41) is 12.9. The Morgan fingerprint density at radius 3 is 2.38 bits per heavy atom. The summed E-state index contributed by atoms with van der Waals surface area (Å²) in [6.07, 6.45) is 0. The second-order valence-corrected chi connectivity index (χ2v) is 6.79. The highest BCUT2D eigenvalue weighted by molar-refractivity contribution is 7.87. The molecule has 0 saturated carbocycles. The van der Waals surface area contributed by atoms with Gasteiger partial charge in [-0.05, 0) is 41.5 Å². The summed E-state index contributed by atoms with van der Waals surface area (Å²) in [5.41, 5.74) is 0.0853. The van der Waals surface area contributed by atoms with Gasteiger partial charge in [-0.25, -0.2) is 0 Å². The fourth-order valence-corrected chi connectivity index (χ4v) is 3.44. The molecule has 3 rings (SSSR count). The summed E-state index contributed by atoms with van der Waals surface area (Å²) in [6, 6.07) is 16.1. The summed E-state index contributed by atoms with van der Waals surface area (Å²) in [6.45, 7) is 1.65. The van der Waals surface area contributed by atoms with Crippen molar-refractivity contribution < 1.29 is 17.5 Å². The van der Waals surface area contributed by atoms with Crippen molar-refractivity contribution in [1.29, 1.82) is 0 Å². The number of aryl methyl sites for hydroxylation is 1. The van der Waals surface area contributed by atoms with Gasteiger partial charge in [-0.3, -0.25) is 10.1 Å². The minimum atomic E-state index is -4.32. The number of rotatable bonds is 4. The van der Waals surface area contributed by atoms with E-state index >= 15 is 0 Å². The Morgan fingerprint density at radius 2 is 1.67 bits per heavy atom. The van der Waals surface area contributed by atoms with E-state index in [0.29, 0.717) is 5.56 Å². The average Bonchev–Trinajstić information content (AvgIpc) is 2.54. The van der Waals surface area contributed by atoms with Crippen LogP contribution in [0.15, 0.2) is 65.6 Å². The molecule has 0 heterocycles. The molecule has 0 saturated heterocycles. The Morgan fingerprint density at radius 1 is 0.958 bits per heavy atom. The molecule has 122 valence electrons. The third kappa shape index (κ3) is 3.07. The van der Waals surface area contributed by atoms with Crippen molar-refractivity contribution in [3.63, 3.8) is 0 Å². The van der Waals surface area contributed by atoms with Crippen LogP contribution < -0.4 is 4.18 Å². The van der Waals surface area contributed by atoms with E-state index < -0.39 is 25.6 Å². The van der Waals surface area contributed by atoms with Crippen molar-refractivity contribution >= 4 is 26.6 Å². The lowest BCUT2D eigenvalue weighted by molar-refractivity contribution is -0.387. The second-order valence-electron chi connectivity index (χ2n) is 5.27. The molecule has 3 aromatic rings. The van der Waals surface area contributed by atoms with Crippen LogP contribution >= 0.6 is 0 Å². The molecule has 6 nitrogen and oxygen atoms in total. The average molecular weight is 343 g/mol. The molecule has 0 fully saturated rings. The van der Waals surface area contributed by atoms with Gasteiger partial charge in [-0.1, -0.05) is 36.4 Å². The lowest BCUT2D eigenvalue weighted by Crippen LogP contribution is -2.12. The molecule has 0 amide bonds. The molecule has 0 aliphatic carbocycles. The summed E-state index contributed by atoms with van der Waals surface area (Å²) in [4.78, 5) is 9.93. The number of nitrogens with zero attached hydrogens (tertiary/aromatic N) is 1. The van der Waals surface area contributed by atoms with Gasteiger partial charge in [0.05, 0.1) is 4.92 Å². The van der Waals surface area contributed by atoms with Crippen LogP contribution in [0.1, 0.15) is 5.56 Å². The Balaban J connectivity index is 2.03. The molecule has 0 unspecified atom stereocenters. The van der Waals surface area contributed by atoms with Gasteiger partial charge in [0.25, 0.3) is 5.69 Å². The van der Waals surface area contributed by atoms with E-state index in [2.05, 4.69) is 0 Å². The van der Waals surface area contributed by atoms with Crippen LogP contribution in [0.5, 0.6) is 5.75 Å². The molecular weight excluding hydrogens is 330 g/mol. The normalized spacial score (nSPS) is 11.4. The highest BCUT2D eigenvalue weighted by Gasteiger charge is 2.27. The molecule has 0 atom stereocenters. The van der Waals surface area contributed by atoms with Crippen LogP contribution in [-0.2, 0) is 10.1 Å². The first-order valence-electron chi connectivity index (χ1n) is 7.05. The number of fused-ring (bicyclic) bond motifs is 1. The zero-order valence-electron chi connectivity index (χ0n) is 12.7. The number of hydrogen-bond donors (Lipinski definition) is 0. The van der Waals surface area contributed by atoms with Crippen LogP contribution in [0.25, 0.3) is 10.8 Å². The van der Waals surface area contributed by atoms with E-state index in [4.69, 9.17) is 4.18 Å². The zero-order chi connectivity index (χ0) is 17.3. The van der Waals surface area contributed by atoms with Crippen LogP contribution in [0.2, 0.25) is 0 Å². The number of benzene rings is 3. The Labute approximate surface area is 138 Å². The molecule has 0 N–H and O–H groups in total. The first kappa shape index (κ1) is 15.9. The summed E-state index contributed by atoms with van der Waals surface area (Å²) in [7, 11) is -4.32. The largest absolute Gasteiger partial charge is 0.379 e. The molecule has 0 radical (unpaired) electrons. The van der Waals surface area contributed by atoms with Gasteiger partial charge in [0.1, 0.15) is 5.75 Å². The maximum atomic E-state index is 12.4. The lowest BCUT2D eigenvalue weighted by Gasteiger charge is -2.09. The van der Waals surface area contributed by atoms with Gasteiger partial charge in [0.15, 0.2) is 4.90 Å². The fraction of sp³-hybridized carbons (Fsp3) is 0.0588. The second kappa shape index (κ2) is 5.93. The highest BCUT2D eigenvalue weighted by Crippen LogP contribution is 2.29. The van der Waals surface area contributed by atoms with Crippen LogP contribution in [0.3, 0.4) is 0 Å². The van der Waals surface area contributed by atoms with Crippen LogP contribution in [-0.4, -0.2) is 13.3 Å². The fourth-order valence-electron chi connectivity index (χ4n) is 2.37. The highest BCUT2D eigenvalue weighted by atomic mass is 32.2. The molecule has 0 aromatic heterocycles. The first-order valence-corrected chi connectivity index (χ1v) is 8.46. The van der Waals surface area contributed by atoms with E-state index in [9.17, 15) is 18.5 Å². The minimum absolute atomic E-state index is 0.101. The van der Waals surface area contributed by atoms with E-state index in [0.717, 1.165) is 10.8 Å². The van der Waals surface area contributed by atoms with E-state index in [1.807, 2.05) is 24.3 Å². The van der Waals surface area contributed by atoms with Crippen molar-refractivity contribution in [2.75, 3.05) is 0 Å². The Kier molecular flexibility index (Phi) is 3.94. The quantitative estimate of drug-likeness (QED) is 0.408.